The van der Waals surface area contributed by atoms with E-state index in [2.05, 4.69) is 9.97 Å². The number of carbonyl (C=O) groups is 1. The Bertz CT molecular complexity index is 795. The Balaban J connectivity index is 1.92. The van der Waals surface area contributed by atoms with Gasteiger partial charge in [-0.15, -0.1) is 0 Å². The number of aromatic amines is 1. The number of H-pyrrole nitrogens is 1. The van der Waals surface area contributed by atoms with E-state index in [0.717, 1.165) is 12.1 Å². The lowest BCUT2D eigenvalue weighted by atomic mass is 10.1. The van der Waals surface area contributed by atoms with Gasteiger partial charge in [0.25, 0.3) is 5.56 Å². The molecule has 5 heteroatoms. The van der Waals surface area contributed by atoms with Crippen molar-refractivity contribution < 1.29 is 4.79 Å². The molecule has 1 aromatic carbocycles. The normalized spacial score (nSPS) is 16.7. The summed E-state index contributed by atoms with van der Waals surface area (Å²) in [4.78, 5) is 33.5. The second kappa shape index (κ2) is 5.40. The van der Waals surface area contributed by atoms with E-state index in [1.54, 1.807) is 18.7 Å². The van der Waals surface area contributed by atoms with Gasteiger partial charge >= 0.3 is 0 Å². The van der Waals surface area contributed by atoms with Crippen molar-refractivity contribution in [3.8, 4) is 0 Å². The van der Waals surface area contributed by atoms with Crippen molar-refractivity contribution in [2.24, 2.45) is 0 Å². The molecular formula is C17H19N3O2. The molecule has 2 aromatic rings. The fourth-order valence-corrected chi connectivity index (χ4v) is 3.14. The molecule has 0 fully saturated rings. The summed E-state index contributed by atoms with van der Waals surface area (Å²) in [6.07, 6.45) is 0.927. The second-order valence-corrected chi connectivity index (χ2v) is 5.84. The first-order valence-electron chi connectivity index (χ1n) is 7.43. The predicted molar refractivity (Wildman–Crippen MR) is 85.1 cm³/mol. The first-order chi connectivity index (χ1) is 10.5. The number of amides is 1. The van der Waals surface area contributed by atoms with Gasteiger partial charge in [0.05, 0.1) is 6.42 Å². The fraction of sp³-hybridized carbons (Fsp3) is 0.353. The highest BCUT2D eigenvalue weighted by molar-refractivity contribution is 5.97. The molecule has 2 heterocycles. The third-order valence-electron chi connectivity index (χ3n) is 4.14. The van der Waals surface area contributed by atoms with Crippen molar-refractivity contribution in [3.05, 3.63) is 57.3 Å². The molecule has 0 saturated heterocycles. The molecule has 0 saturated carbocycles. The number of carbonyl (C=O) groups excluding carboxylic acids is 1. The van der Waals surface area contributed by atoms with Crippen LogP contribution in [-0.4, -0.2) is 21.9 Å². The summed E-state index contributed by atoms with van der Waals surface area (Å²) >= 11 is 0. The maximum Gasteiger partial charge on any atom is 0.254 e. The van der Waals surface area contributed by atoms with E-state index in [1.807, 2.05) is 31.2 Å². The zero-order valence-corrected chi connectivity index (χ0v) is 13.0. The standard InChI is InChI=1S/C17H19N3O2/c1-10-8-13-6-4-5-7-15(13)20(10)16(21)9-14-11(2)18-12(3)19-17(14)22/h4-7,10H,8-9H2,1-3H3,(H,18,19,22). The van der Waals surface area contributed by atoms with Crippen LogP contribution in [0.3, 0.4) is 0 Å². The Hall–Kier alpha value is -2.43. The number of fused-ring (bicyclic) bond motifs is 1. The second-order valence-electron chi connectivity index (χ2n) is 5.84. The Kier molecular flexibility index (Phi) is 3.56. The molecule has 0 spiro atoms. The lowest BCUT2D eigenvalue weighted by Gasteiger charge is -2.23. The van der Waals surface area contributed by atoms with Gasteiger partial charge in [0.15, 0.2) is 0 Å². The lowest BCUT2D eigenvalue weighted by Crippen LogP contribution is -2.38. The number of hydrogen-bond acceptors (Lipinski definition) is 3. The number of anilines is 1. The van der Waals surface area contributed by atoms with Gasteiger partial charge in [-0.3, -0.25) is 9.59 Å². The smallest absolute Gasteiger partial charge is 0.254 e. The van der Waals surface area contributed by atoms with Crippen LogP contribution in [0.1, 0.15) is 29.6 Å². The number of hydrogen-bond donors (Lipinski definition) is 1. The molecule has 0 aliphatic carbocycles. The molecule has 1 N–H and O–H groups in total. The SMILES string of the molecule is Cc1nc(C)c(CC(=O)N2c3ccccc3CC2C)c(=O)[nH]1. The van der Waals surface area contributed by atoms with Gasteiger partial charge < -0.3 is 9.88 Å². The molecule has 1 atom stereocenters. The van der Waals surface area contributed by atoms with Crippen LogP contribution >= 0.6 is 0 Å². The molecular weight excluding hydrogens is 278 g/mol. The van der Waals surface area contributed by atoms with Gasteiger partial charge in [-0.05, 0) is 38.8 Å². The molecule has 3 rings (SSSR count). The van der Waals surface area contributed by atoms with Gasteiger partial charge in [-0.2, -0.15) is 0 Å². The maximum absolute atomic E-state index is 12.7. The Labute approximate surface area is 129 Å². The van der Waals surface area contributed by atoms with Gasteiger partial charge in [-0.1, -0.05) is 18.2 Å². The maximum atomic E-state index is 12.7. The Morgan fingerprint density at radius 2 is 2.09 bits per heavy atom. The molecule has 0 bridgehead atoms. The third-order valence-corrected chi connectivity index (χ3v) is 4.14. The molecule has 1 aliphatic rings. The first-order valence-corrected chi connectivity index (χ1v) is 7.43. The molecule has 0 radical (unpaired) electrons. The van der Waals surface area contributed by atoms with E-state index >= 15 is 0 Å². The van der Waals surface area contributed by atoms with Crippen LogP contribution in [0.4, 0.5) is 5.69 Å². The summed E-state index contributed by atoms with van der Waals surface area (Å²) in [5.74, 6) is 0.510. The van der Waals surface area contributed by atoms with Crippen LogP contribution in [0.5, 0.6) is 0 Å². The van der Waals surface area contributed by atoms with Gasteiger partial charge in [0.1, 0.15) is 5.82 Å². The van der Waals surface area contributed by atoms with Crippen molar-refractivity contribution >= 4 is 11.6 Å². The number of rotatable bonds is 2. The van der Waals surface area contributed by atoms with Crippen LogP contribution in [0.2, 0.25) is 0 Å². The number of nitrogens with zero attached hydrogens (tertiary/aromatic N) is 2. The molecule has 1 unspecified atom stereocenters. The van der Waals surface area contributed by atoms with E-state index in [9.17, 15) is 9.59 Å². The average molecular weight is 297 g/mol. The lowest BCUT2D eigenvalue weighted by molar-refractivity contribution is -0.118. The minimum atomic E-state index is -0.224. The van der Waals surface area contributed by atoms with E-state index in [-0.39, 0.29) is 23.9 Å². The number of benzene rings is 1. The number of para-hydroxylation sites is 1. The average Bonchev–Trinajstić information content (AvgIpc) is 2.78. The predicted octanol–water partition coefficient (Wildman–Crippen LogP) is 1.91. The Morgan fingerprint density at radius 3 is 2.82 bits per heavy atom. The summed E-state index contributed by atoms with van der Waals surface area (Å²) in [6.45, 7) is 5.54. The number of nitrogens with one attached hydrogen (secondary N) is 1. The van der Waals surface area contributed by atoms with Crippen molar-refractivity contribution in [2.45, 2.75) is 39.7 Å². The molecule has 114 valence electrons. The Morgan fingerprint density at radius 1 is 1.36 bits per heavy atom. The zero-order chi connectivity index (χ0) is 15.9. The molecule has 1 amide bonds. The summed E-state index contributed by atoms with van der Waals surface area (Å²) < 4.78 is 0. The number of aromatic nitrogens is 2. The van der Waals surface area contributed by atoms with E-state index in [4.69, 9.17) is 0 Å². The van der Waals surface area contributed by atoms with E-state index in [1.165, 1.54) is 5.56 Å². The topological polar surface area (TPSA) is 66.1 Å². The molecule has 5 nitrogen and oxygen atoms in total. The van der Waals surface area contributed by atoms with E-state index < -0.39 is 0 Å². The van der Waals surface area contributed by atoms with Crippen LogP contribution in [0.25, 0.3) is 0 Å². The van der Waals surface area contributed by atoms with Gasteiger partial charge in [0, 0.05) is 23.0 Å². The summed E-state index contributed by atoms with van der Waals surface area (Å²) in [5.41, 5.74) is 2.98. The monoisotopic (exact) mass is 297 g/mol. The van der Waals surface area contributed by atoms with Crippen LogP contribution < -0.4 is 10.5 Å². The largest absolute Gasteiger partial charge is 0.311 e. The van der Waals surface area contributed by atoms with Crippen molar-refractivity contribution in [3.63, 3.8) is 0 Å². The minimum absolute atomic E-state index is 0.0586. The molecule has 22 heavy (non-hydrogen) atoms. The van der Waals surface area contributed by atoms with Crippen LogP contribution in [0, 0.1) is 13.8 Å². The zero-order valence-electron chi connectivity index (χ0n) is 13.0. The highest BCUT2D eigenvalue weighted by Gasteiger charge is 2.31. The van der Waals surface area contributed by atoms with Crippen molar-refractivity contribution in [1.29, 1.82) is 0 Å². The number of aryl methyl sites for hydroxylation is 2. The first kappa shape index (κ1) is 14.5. The molecule has 1 aromatic heterocycles. The van der Waals surface area contributed by atoms with Crippen molar-refractivity contribution in [1.82, 2.24) is 9.97 Å². The summed E-state index contributed by atoms with van der Waals surface area (Å²) in [7, 11) is 0. The summed E-state index contributed by atoms with van der Waals surface area (Å²) in [6, 6.07) is 8.04. The van der Waals surface area contributed by atoms with Crippen LogP contribution in [-0.2, 0) is 17.6 Å². The minimum Gasteiger partial charge on any atom is -0.311 e. The van der Waals surface area contributed by atoms with Gasteiger partial charge in [-0.25, -0.2) is 4.98 Å². The fourth-order valence-electron chi connectivity index (χ4n) is 3.14. The molecule has 1 aliphatic heterocycles. The van der Waals surface area contributed by atoms with Gasteiger partial charge in [0.2, 0.25) is 5.91 Å². The summed E-state index contributed by atoms with van der Waals surface area (Å²) in [5, 5.41) is 0. The van der Waals surface area contributed by atoms with Crippen molar-refractivity contribution in [2.75, 3.05) is 4.90 Å². The quantitative estimate of drug-likeness (QED) is 0.920. The highest BCUT2D eigenvalue weighted by atomic mass is 16.2. The van der Waals surface area contributed by atoms with E-state index in [0.29, 0.717) is 17.1 Å². The van der Waals surface area contributed by atoms with Crippen LogP contribution in [0.15, 0.2) is 29.1 Å². The highest BCUT2D eigenvalue weighted by Crippen LogP contribution is 2.32. The third kappa shape index (κ3) is 2.43.